The van der Waals surface area contributed by atoms with Gasteiger partial charge >= 0.3 is 0 Å². The van der Waals surface area contributed by atoms with Gasteiger partial charge in [0.2, 0.25) is 0 Å². The lowest BCUT2D eigenvalue weighted by molar-refractivity contribution is 0.348. The van der Waals surface area contributed by atoms with Crippen LogP contribution in [0.5, 0.6) is 11.5 Å². The molecule has 0 aliphatic carbocycles. The molecule has 0 radical (unpaired) electrons. The zero-order chi connectivity index (χ0) is 12.1. The van der Waals surface area contributed by atoms with Crippen LogP contribution in [0.4, 0.5) is 4.39 Å². The third-order valence-corrected chi connectivity index (χ3v) is 2.61. The first-order valence-corrected chi connectivity index (χ1v) is 5.43. The molecule has 90 valence electrons. The number of aryl methyl sites for hydroxylation is 1. The Morgan fingerprint density at radius 1 is 1.50 bits per heavy atom. The molecule has 0 unspecified atom stereocenters. The second kappa shape index (κ2) is 5.92. The molecule has 0 aromatic heterocycles. The predicted octanol–water partition coefficient (Wildman–Crippen LogP) is 2.47. The van der Waals surface area contributed by atoms with Gasteiger partial charge in [0.05, 0.1) is 12.1 Å². The van der Waals surface area contributed by atoms with Gasteiger partial charge in [-0.2, -0.15) is 0 Å². The largest absolute Gasteiger partial charge is 0.504 e. The van der Waals surface area contributed by atoms with Crippen molar-refractivity contribution in [3.63, 3.8) is 0 Å². The van der Waals surface area contributed by atoms with E-state index in [-0.39, 0.29) is 16.5 Å². The number of hydrogen-bond acceptors (Lipinski definition) is 3. The van der Waals surface area contributed by atoms with E-state index in [0.717, 1.165) is 12.8 Å². The summed E-state index contributed by atoms with van der Waals surface area (Å²) in [5, 5.41) is 9.69. The molecule has 5 heteroatoms. The normalized spacial score (nSPS) is 10.5. The number of rotatable bonds is 5. The Morgan fingerprint density at radius 3 is 2.75 bits per heavy atom. The molecule has 0 aliphatic heterocycles. The summed E-state index contributed by atoms with van der Waals surface area (Å²) in [7, 11) is 1.29. The second-order valence-electron chi connectivity index (χ2n) is 3.46. The molecule has 1 rings (SSSR count). The Hall–Kier alpha value is -1.00. The topological polar surface area (TPSA) is 55.5 Å². The summed E-state index contributed by atoms with van der Waals surface area (Å²) in [4.78, 5) is 0. The summed E-state index contributed by atoms with van der Waals surface area (Å²) in [5.41, 5.74) is 5.95. The first-order chi connectivity index (χ1) is 7.61. The van der Waals surface area contributed by atoms with Crippen molar-refractivity contribution >= 4 is 11.6 Å². The SMILES string of the molecule is COc1c(O)c(CCCCN)cc(Cl)c1F. The summed E-state index contributed by atoms with van der Waals surface area (Å²) in [6.07, 6.45) is 2.26. The maximum Gasteiger partial charge on any atom is 0.198 e. The summed E-state index contributed by atoms with van der Waals surface area (Å²) in [5.74, 6) is -1.11. The highest BCUT2D eigenvalue weighted by Gasteiger charge is 2.17. The Kier molecular flexibility index (Phi) is 4.83. The lowest BCUT2D eigenvalue weighted by Gasteiger charge is -2.11. The Labute approximate surface area is 99.0 Å². The van der Waals surface area contributed by atoms with Crippen LogP contribution in [0.2, 0.25) is 5.02 Å². The molecule has 0 atom stereocenters. The van der Waals surface area contributed by atoms with E-state index in [0.29, 0.717) is 18.5 Å². The van der Waals surface area contributed by atoms with Crippen molar-refractivity contribution in [1.29, 1.82) is 0 Å². The number of hydrogen-bond donors (Lipinski definition) is 2. The fourth-order valence-electron chi connectivity index (χ4n) is 1.48. The molecule has 0 fully saturated rings. The molecule has 3 N–H and O–H groups in total. The van der Waals surface area contributed by atoms with E-state index in [9.17, 15) is 9.50 Å². The minimum atomic E-state index is -0.732. The van der Waals surface area contributed by atoms with Crippen molar-refractivity contribution in [3.8, 4) is 11.5 Å². The minimum absolute atomic E-state index is 0.0441. The van der Waals surface area contributed by atoms with Gasteiger partial charge in [0.25, 0.3) is 0 Å². The van der Waals surface area contributed by atoms with Gasteiger partial charge in [-0.1, -0.05) is 11.6 Å². The highest BCUT2D eigenvalue weighted by molar-refractivity contribution is 6.31. The van der Waals surface area contributed by atoms with Gasteiger partial charge < -0.3 is 15.6 Å². The Morgan fingerprint density at radius 2 is 2.19 bits per heavy atom. The number of aromatic hydroxyl groups is 1. The van der Waals surface area contributed by atoms with Gasteiger partial charge in [-0.3, -0.25) is 0 Å². The van der Waals surface area contributed by atoms with E-state index in [2.05, 4.69) is 0 Å². The smallest absolute Gasteiger partial charge is 0.198 e. The minimum Gasteiger partial charge on any atom is -0.504 e. The molecule has 0 bridgehead atoms. The van der Waals surface area contributed by atoms with Gasteiger partial charge in [-0.05, 0) is 37.4 Å². The first-order valence-electron chi connectivity index (χ1n) is 5.05. The third-order valence-electron chi connectivity index (χ3n) is 2.33. The molecule has 1 aromatic carbocycles. The number of halogens is 2. The van der Waals surface area contributed by atoms with Crippen LogP contribution < -0.4 is 10.5 Å². The maximum atomic E-state index is 13.4. The van der Waals surface area contributed by atoms with E-state index in [4.69, 9.17) is 22.1 Å². The highest BCUT2D eigenvalue weighted by Crippen LogP contribution is 2.37. The van der Waals surface area contributed by atoms with Gasteiger partial charge in [0, 0.05) is 0 Å². The fraction of sp³-hybridized carbons (Fsp3) is 0.455. The number of ether oxygens (including phenoxy) is 1. The maximum absolute atomic E-state index is 13.4. The fourth-order valence-corrected chi connectivity index (χ4v) is 1.70. The van der Waals surface area contributed by atoms with Crippen LogP contribution in [0.3, 0.4) is 0 Å². The van der Waals surface area contributed by atoms with Crippen LogP contribution in [0, 0.1) is 5.82 Å². The van der Waals surface area contributed by atoms with E-state index < -0.39 is 5.82 Å². The zero-order valence-corrected chi connectivity index (χ0v) is 9.85. The number of phenolic OH excluding ortho intramolecular Hbond substituents is 1. The van der Waals surface area contributed by atoms with Crippen LogP contribution >= 0.6 is 11.6 Å². The highest BCUT2D eigenvalue weighted by atomic mass is 35.5. The molecule has 0 saturated heterocycles. The molecule has 1 aromatic rings. The molecule has 0 amide bonds. The number of nitrogens with two attached hydrogens (primary N) is 1. The van der Waals surface area contributed by atoms with E-state index in [1.807, 2.05) is 0 Å². The van der Waals surface area contributed by atoms with E-state index >= 15 is 0 Å². The second-order valence-corrected chi connectivity index (χ2v) is 3.87. The molecule has 16 heavy (non-hydrogen) atoms. The Bertz CT molecular complexity index is 371. The van der Waals surface area contributed by atoms with Crippen LogP contribution in [0.25, 0.3) is 0 Å². The van der Waals surface area contributed by atoms with Gasteiger partial charge in [-0.25, -0.2) is 4.39 Å². The van der Waals surface area contributed by atoms with Crippen LogP contribution in [-0.2, 0) is 6.42 Å². The lowest BCUT2D eigenvalue weighted by Crippen LogP contribution is -2.00. The first kappa shape index (κ1) is 13.1. The van der Waals surface area contributed by atoms with Gasteiger partial charge in [-0.15, -0.1) is 0 Å². The molecule has 3 nitrogen and oxygen atoms in total. The number of phenols is 1. The van der Waals surface area contributed by atoms with Crippen LogP contribution in [0.1, 0.15) is 18.4 Å². The van der Waals surface area contributed by atoms with Crippen molar-refractivity contribution in [2.75, 3.05) is 13.7 Å². The molecule has 0 spiro atoms. The van der Waals surface area contributed by atoms with Crippen molar-refractivity contribution in [2.45, 2.75) is 19.3 Å². The lowest BCUT2D eigenvalue weighted by atomic mass is 10.1. The van der Waals surface area contributed by atoms with E-state index in [1.54, 1.807) is 0 Å². The summed E-state index contributed by atoms with van der Waals surface area (Å²) < 4.78 is 18.2. The number of benzene rings is 1. The molecule has 0 heterocycles. The van der Waals surface area contributed by atoms with Crippen LogP contribution in [0.15, 0.2) is 6.07 Å². The molecule has 0 aliphatic rings. The average Bonchev–Trinajstić information content (AvgIpc) is 2.26. The third kappa shape index (κ3) is 2.77. The van der Waals surface area contributed by atoms with Crippen molar-refractivity contribution in [2.24, 2.45) is 5.73 Å². The average molecular weight is 248 g/mol. The summed E-state index contributed by atoms with van der Waals surface area (Å²) >= 11 is 5.69. The monoisotopic (exact) mass is 247 g/mol. The van der Waals surface area contributed by atoms with Gasteiger partial charge in [0.1, 0.15) is 0 Å². The van der Waals surface area contributed by atoms with Crippen molar-refractivity contribution < 1.29 is 14.2 Å². The molecular formula is C11H15ClFNO2. The van der Waals surface area contributed by atoms with Crippen molar-refractivity contribution in [3.05, 3.63) is 22.5 Å². The number of unbranched alkanes of at least 4 members (excludes halogenated alkanes) is 1. The summed E-state index contributed by atoms with van der Waals surface area (Å²) in [6, 6.07) is 1.42. The molecule has 0 saturated carbocycles. The predicted molar refractivity (Wildman–Crippen MR) is 61.6 cm³/mol. The van der Waals surface area contributed by atoms with Gasteiger partial charge in [0.15, 0.2) is 17.3 Å². The summed E-state index contributed by atoms with van der Waals surface area (Å²) in [6.45, 7) is 0.590. The van der Waals surface area contributed by atoms with Crippen molar-refractivity contribution in [1.82, 2.24) is 0 Å². The van der Waals surface area contributed by atoms with Crippen LogP contribution in [-0.4, -0.2) is 18.8 Å². The zero-order valence-electron chi connectivity index (χ0n) is 9.09. The Balaban J connectivity index is 2.96. The molecular weight excluding hydrogens is 233 g/mol. The quantitative estimate of drug-likeness (QED) is 0.786. The number of methoxy groups -OCH3 is 1. The standard InChI is InChI=1S/C11H15ClFNO2/c1-16-11-9(13)8(12)6-7(10(11)15)4-2-3-5-14/h6,15H,2-5,14H2,1H3. The van der Waals surface area contributed by atoms with E-state index in [1.165, 1.54) is 13.2 Å².